The first-order chi connectivity index (χ1) is 17.3. The number of aromatic nitrogens is 2. The summed E-state index contributed by atoms with van der Waals surface area (Å²) in [6, 6.07) is 8.23. The first-order valence-electron chi connectivity index (χ1n) is 14.9. The van der Waals surface area contributed by atoms with E-state index in [-0.39, 0.29) is 0 Å². The molecule has 2 rings (SSSR count). The Hall–Kier alpha value is -1.90. The number of ether oxygens (including phenoxy) is 1. The molecule has 0 N–H and O–H groups in total. The van der Waals surface area contributed by atoms with Crippen LogP contribution >= 0.6 is 0 Å². The predicted octanol–water partition coefficient (Wildman–Crippen LogP) is 10.1. The van der Waals surface area contributed by atoms with E-state index in [1.54, 1.807) is 0 Å². The molecule has 0 aliphatic carbocycles. The quantitative estimate of drug-likeness (QED) is 0.157. The van der Waals surface area contributed by atoms with E-state index in [0.29, 0.717) is 0 Å². The van der Waals surface area contributed by atoms with Gasteiger partial charge in [0.15, 0.2) is 5.82 Å². The highest BCUT2D eigenvalue weighted by Gasteiger charge is 2.03. The first-order valence-corrected chi connectivity index (χ1v) is 14.9. The van der Waals surface area contributed by atoms with Crippen LogP contribution < -0.4 is 4.74 Å². The predicted molar refractivity (Wildman–Crippen MR) is 151 cm³/mol. The number of benzene rings is 1. The molecule has 0 unspecified atom stereocenters. The van der Waals surface area contributed by atoms with Gasteiger partial charge in [0.2, 0.25) is 0 Å². The smallest absolute Gasteiger partial charge is 0.159 e. The zero-order valence-electron chi connectivity index (χ0n) is 22.9. The molecule has 0 amide bonds. The summed E-state index contributed by atoms with van der Waals surface area (Å²) in [5.41, 5.74) is 2.30. The average Bonchev–Trinajstić information content (AvgIpc) is 2.89. The van der Waals surface area contributed by atoms with Crippen LogP contribution in [0.3, 0.4) is 0 Å². The third-order valence-electron chi connectivity index (χ3n) is 6.90. The third kappa shape index (κ3) is 14.3. The van der Waals surface area contributed by atoms with Crippen LogP contribution in [-0.4, -0.2) is 16.6 Å². The maximum absolute atomic E-state index is 5.94. The monoisotopic (exact) mass is 480 g/mol. The fourth-order valence-electron chi connectivity index (χ4n) is 4.58. The Morgan fingerprint density at radius 3 is 1.51 bits per heavy atom. The number of nitrogens with zero attached hydrogens (tertiary/aromatic N) is 2. The van der Waals surface area contributed by atoms with Gasteiger partial charge in [0.25, 0.3) is 0 Å². The molecule has 35 heavy (non-hydrogen) atoms. The molecule has 1 aromatic heterocycles. The molecular formula is C32H52N2O. The highest BCUT2D eigenvalue weighted by molar-refractivity contribution is 5.55. The standard InChI is InChI=1S/C32H52N2O/c1-3-5-7-9-11-13-14-16-18-20-26-35-31-24-22-30(23-25-31)32-33-27-29(28-34-32)21-19-17-15-12-10-8-6-4-2/h22-25,27-28H,3-21,26H2,1-2H3. The first kappa shape index (κ1) is 29.3. The summed E-state index contributed by atoms with van der Waals surface area (Å²) in [5, 5.41) is 0. The fourth-order valence-corrected chi connectivity index (χ4v) is 4.58. The number of unbranched alkanes of at least 4 members (excludes halogenated alkanes) is 16. The van der Waals surface area contributed by atoms with Gasteiger partial charge >= 0.3 is 0 Å². The molecule has 3 nitrogen and oxygen atoms in total. The van der Waals surface area contributed by atoms with E-state index < -0.39 is 0 Å². The van der Waals surface area contributed by atoms with E-state index in [2.05, 4.69) is 35.9 Å². The van der Waals surface area contributed by atoms with Crippen LogP contribution in [0.15, 0.2) is 36.7 Å². The molecule has 1 aromatic carbocycles. The zero-order valence-corrected chi connectivity index (χ0v) is 22.9. The lowest BCUT2D eigenvalue weighted by molar-refractivity contribution is 0.304. The van der Waals surface area contributed by atoms with Crippen LogP contribution in [0.4, 0.5) is 0 Å². The second-order valence-corrected chi connectivity index (χ2v) is 10.2. The molecule has 0 fully saturated rings. The van der Waals surface area contributed by atoms with Crippen molar-refractivity contribution in [3.05, 3.63) is 42.2 Å². The molecule has 0 saturated carbocycles. The lowest BCUT2D eigenvalue weighted by Crippen LogP contribution is -1.97. The molecule has 196 valence electrons. The lowest BCUT2D eigenvalue weighted by atomic mass is 10.1. The summed E-state index contributed by atoms with van der Waals surface area (Å²) in [6.07, 6.45) is 29.4. The normalized spacial score (nSPS) is 11.1. The number of hydrogen-bond donors (Lipinski definition) is 0. The Morgan fingerprint density at radius 1 is 0.543 bits per heavy atom. The second kappa shape index (κ2) is 20.3. The van der Waals surface area contributed by atoms with Gasteiger partial charge in [0.1, 0.15) is 5.75 Å². The Bertz CT molecular complexity index is 726. The van der Waals surface area contributed by atoms with E-state index in [1.807, 2.05) is 24.5 Å². The Kier molecular flexibility index (Phi) is 17.0. The van der Waals surface area contributed by atoms with Crippen LogP contribution in [0.5, 0.6) is 5.75 Å². The average molecular weight is 481 g/mol. The van der Waals surface area contributed by atoms with E-state index in [0.717, 1.165) is 36.6 Å². The van der Waals surface area contributed by atoms with Crippen molar-refractivity contribution in [3.63, 3.8) is 0 Å². The van der Waals surface area contributed by atoms with Gasteiger partial charge in [-0.05, 0) is 49.1 Å². The fraction of sp³-hybridized carbons (Fsp3) is 0.688. The second-order valence-electron chi connectivity index (χ2n) is 10.2. The van der Waals surface area contributed by atoms with Gasteiger partial charge in [0, 0.05) is 18.0 Å². The van der Waals surface area contributed by atoms with Crippen molar-refractivity contribution in [2.45, 2.75) is 136 Å². The van der Waals surface area contributed by atoms with Crippen LogP contribution in [0.25, 0.3) is 11.4 Å². The van der Waals surface area contributed by atoms with Gasteiger partial charge in [-0.25, -0.2) is 9.97 Å². The van der Waals surface area contributed by atoms with E-state index >= 15 is 0 Å². The van der Waals surface area contributed by atoms with E-state index in [1.165, 1.54) is 115 Å². The molecule has 1 heterocycles. The third-order valence-corrected chi connectivity index (χ3v) is 6.90. The van der Waals surface area contributed by atoms with Crippen molar-refractivity contribution in [1.82, 2.24) is 9.97 Å². The Labute approximate surface area is 216 Å². The lowest BCUT2D eigenvalue weighted by Gasteiger charge is -2.08. The molecule has 0 aliphatic rings. The summed E-state index contributed by atoms with van der Waals surface area (Å²) in [5.74, 6) is 1.74. The summed E-state index contributed by atoms with van der Waals surface area (Å²) in [4.78, 5) is 9.21. The van der Waals surface area contributed by atoms with Gasteiger partial charge in [-0.15, -0.1) is 0 Å². The van der Waals surface area contributed by atoms with Gasteiger partial charge in [-0.3, -0.25) is 0 Å². The van der Waals surface area contributed by atoms with Gasteiger partial charge in [0.05, 0.1) is 6.61 Å². The maximum atomic E-state index is 5.94. The summed E-state index contributed by atoms with van der Waals surface area (Å²) in [7, 11) is 0. The van der Waals surface area contributed by atoms with Crippen molar-refractivity contribution < 1.29 is 4.74 Å². The van der Waals surface area contributed by atoms with Crippen molar-refractivity contribution in [2.75, 3.05) is 6.61 Å². The minimum Gasteiger partial charge on any atom is -0.494 e. The van der Waals surface area contributed by atoms with Gasteiger partial charge < -0.3 is 4.74 Å². The van der Waals surface area contributed by atoms with Crippen molar-refractivity contribution in [2.24, 2.45) is 0 Å². The zero-order chi connectivity index (χ0) is 24.8. The van der Waals surface area contributed by atoms with Crippen molar-refractivity contribution in [3.8, 4) is 17.1 Å². The Balaban J connectivity index is 1.54. The Morgan fingerprint density at radius 2 is 1.00 bits per heavy atom. The van der Waals surface area contributed by atoms with Crippen LogP contribution in [0.2, 0.25) is 0 Å². The van der Waals surface area contributed by atoms with Crippen molar-refractivity contribution >= 4 is 0 Å². The minimum absolute atomic E-state index is 0.797. The molecule has 2 aromatic rings. The number of hydrogen-bond acceptors (Lipinski definition) is 3. The van der Waals surface area contributed by atoms with E-state index in [9.17, 15) is 0 Å². The molecular weight excluding hydrogens is 428 g/mol. The summed E-state index contributed by atoms with van der Waals surface area (Å²) < 4.78 is 5.94. The van der Waals surface area contributed by atoms with Crippen molar-refractivity contribution in [1.29, 1.82) is 0 Å². The number of aryl methyl sites for hydroxylation is 1. The van der Waals surface area contributed by atoms with Gasteiger partial charge in [-0.2, -0.15) is 0 Å². The van der Waals surface area contributed by atoms with E-state index in [4.69, 9.17) is 4.74 Å². The minimum atomic E-state index is 0.797. The molecule has 0 bridgehead atoms. The molecule has 0 spiro atoms. The number of rotatable bonds is 22. The maximum Gasteiger partial charge on any atom is 0.159 e. The van der Waals surface area contributed by atoms with Crippen LogP contribution in [0, 0.1) is 0 Å². The molecule has 0 atom stereocenters. The summed E-state index contributed by atoms with van der Waals surface area (Å²) in [6.45, 7) is 5.36. The highest BCUT2D eigenvalue weighted by Crippen LogP contribution is 2.20. The SMILES string of the molecule is CCCCCCCCCCCCOc1ccc(-c2ncc(CCCCCCCCCC)cn2)cc1. The van der Waals surface area contributed by atoms with Gasteiger partial charge in [-0.1, -0.05) is 117 Å². The van der Waals surface area contributed by atoms with Crippen LogP contribution in [-0.2, 0) is 6.42 Å². The molecule has 0 saturated heterocycles. The molecule has 0 aliphatic heterocycles. The topological polar surface area (TPSA) is 35.0 Å². The summed E-state index contributed by atoms with van der Waals surface area (Å²) >= 11 is 0. The highest BCUT2D eigenvalue weighted by atomic mass is 16.5. The van der Waals surface area contributed by atoms with Crippen LogP contribution in [0.1, 0.15) is 135 Å². The molecule has 0 radical (unpaired) electrons. The largest absolute Gasteiger partial charge is 0.494 e. The molecule has 3 heteroatoms.